The van der Waals surface area contributed by atoms with Crippen LogP contribution in [0.3, 0.4) is 0 Å². The van der Waals surface area contributed by atoms with Crippen molar-refractivity contribution in [2.75, 3.05) is 30.4 Å². The van der Waals surface area contributed by atoms with Gasteiger partial charge >= 0.3 is 0 Å². The Hall–Kier alpha value is -3.48. The Kier molecular flexibility index (Phi) is 5.88. The summed E-state index contributed by atoms with van der Waals surface area (Å²) in [6.07, 6.45) is 5.15. The van der Waals surface area contributed by atoms with Crippen molar-refractivity contribution < 1.29 is 13.9 Å². The van der Waals surface area contributed by atoms with Gasteiger partial charge in [-0.25, -0.2) is 14.4 Å². The van der Waals surface area contributed by atoms with E-state index in [9.17, 15) is 9.18 Å². The molecule has 1 amide bonds. The van der Waals surface area contributed by atoms with Crippen LogP contribution in [0.25, 0.3) is 11.1 Å². The van der Waals surface area contributed by atoms with Crippen LogP contribution < -0.4 is 15.0 Å². The highest BCUT2D eigenvalue weighted by molar-refractivity contribution is 5.94. The Bertz CT molecular complexity index is 1010. The molecule has 0 aliphatic carbocycles. The number of carbonyl (C=O) groups excluding carboxylic acids is 1. The van der Waals surface area contributed by atoms with Crippen LogP contribution in [0.5, 0.6) is 5.75 Å². The van der Waals surface area contributed by atoms with Gasteiger partial charge < -0.3 is 15.0 Å². The summed E-state index contributed by atoms with van der Waals surface area (Å²) in [5.74, 6) is 0.757. The Morgan fingerprint density at radius 1 is 1.10 bits per heavy atom. The molecule has 4 rings (SSSR count). The maximum Gasteiger partial charge on any atom is 0.229 e. The third-order valence-corrected chi connectivity index (χ3v) is 5.26. The lowest BCUT2D eigenvalue weighted by atomic mass is 9.97. The summed E-state index contributed by atoms with van der Waals surface area (Å²) in [5, 5.41) is 2.98. The maximum atomic E-state index is 13.1. The van der Waals surface area contributed by atoms with E-state index in [2.05, 4.69) is 15.3 Å². The highest BCUT2D eigenvalue weighted by Crippen LogP contribution is 2.27. The van der Waals surface area contributed by atoms with Crippen LogP contribution >= 0.6 is 0 Å². The maximum absolute atomic E-state index is 13.1. The highest BCUT2D eigenvalue weighted by Gasteiger charge is 2.27. The van der Waals surface area contributed by atoms with E-state index in [4.69, 9.17) is 4.74 Å². The second kappa shape index (κ2) is 8.90. The van der Waals surface area contributed by atoms with Crippen molar-refractivity contribution in [3.8, 4) is 16.9 Å². The molecule has 0 bridgehead atoms. The molecule has 3 aromatic rings. The van der Waals surface area contributed by atoms with E-state index in [0.717, 1.165) is 30.5 Å². The van der Waals surface area contributed by atoms with Gasteiger partial charge in [-0.15, -0.1) is 0 Å². The summed E-state index contributed by atoms with van der Waals surface area (Å²) in [5.41, 5.74) is 2.35. The molecular weight excluding hydrogens is 383 g/mol. The zero-order chi connectivity index (χ0) is 20.9. The van der Waals surface area contributed by atoms with Gasteiger partial charge in [0.2, 0.25) is 11.9 Å². The molecule has 2 aromatic carbocycles. The van der Waals surface area contributed by atoms with Crippen LogP contribution in [0.15, 0.2) is 60.9 Å². The van der Waals surface area contributed by atoms with Crippen molar-refractivity contribution in [3.05, 3.63) is 66.7 Å². The third-order valence-electron chi connectivity index (χ3n) is 5.26. The summed E-state index contributed by atoms with van der Waals surface area (Å²) >= 11 is 0. The Balaban J connectivity index is 1.43. The molecule has 0 unspecified atom stereocenters. The second-order valence-corrected chi connectivity index (χ2v) is 7.25. The number of anilines is 2. The van der Waals surface area contributed by atoms with Crippen LogP contribution in [0.4, 0.5) is 16.0 Å². The lowest BCUT2D eigenvalue weighted by Gasteiger charge is -2.32. The second-order valence-electron chi connectivity index (χ2n) is 7.25. The number of para-hydroxylation sites is 2. The predicted octanol–water partition coefficient (Wildman–Crippen LogP) is 4.15. The number of nitrogens with one attached hydrogen (secondary N) is 1. The van der Waals surface area contributed by atoms with Gasteiger partial charge in [0.25, 0.3) is 0 Å². The molecule has 1 fully saturated rings. The monoisotopic (exact) mass is 406 g/mol. The van der Waals surface area contributed by atoms with Crippen molar-refractivity contribution in [3.63, 3.8) is 0 Å². The number of hydrogen-bond acceptors (Lipinski definition) is 5. The van der Waals surface area contributed by atoms with E-state index in [1.807, 2.05) is 29.2 Å². The molecule has 1 aliphatic rings. The van der Waals surface area contributed by atoms with E-state index >= 15 is 0 Å². The number of benzene rings is 2. The molecule has 2 heterocycles. The first-order valence-electron chi connectivity index (χ1n) is 9.91. The van der Waals surface area contributed by atoms with Gasteiger partial charge in [0.05, 0.1) is 18.7 Å². The number of rotatable bonds is 5. The summed E-state index contributed by atoms with van der Waals surface area (Å²) in [4.78, 5) is 23.8. The van der Waals surface area contributed by atoms with Gasteiger partial charge in [-0.1, -0.05) is 24.3 Å². The molecule has 0 saturated carbocycles. The summed E-state index contributed by atoms with van der Waals surface area (Å²) in [6.45, 7) is 1.35. The summed E-state index contributed by atoms with van der Waals surface area (Å²) in [6, 6.07) is 13.6. The number of methoxy groups -OCH3 is 1. The number of aromatic nitrogens is 2. The fourth-order valence-corrected chi connectivity index (χ4v) is 3.63. The van der Waals surface area contributed by atoms with Gasteiger partial charge in [0.1, 0.15) is 11.6 Å². The van der Waals surface area contributed by atoms with E-state index in [-0.39, 0.29) is 17.6 Å². The minimum Gasteiger partial charge on any atom is -0.495 e. The Morgan fingerprint density at radius 2 is 1.83 bits per heavy atom. The summed E-state index contributed by atoms with van der Waals surface area (Å²) < 4.78 is 18.4. The van der Waals surface area contributed by atoms with Crippen LogP contribution in [0.2, 0.25) is 0 Å². The molecule has 1 saturated heterocycles. The largest absolute Gasteiger partial charge is 0.495 e. The Labute approximate surface area is 174 Å². The van der Waals surface area contributed by atoms with Crippen molar-refractivity contribution in [1.29, 1.82) is 0 Å². The van der Waals surface area contributed by atoms with Gasteiger partial charge in [-0.3, -0.25) is 4.79 Å². The van der Waals surface area contributed by atoms with Gasteiger partial charge in [0.15, 0.2) is 0 Å². The van der Waals surface area contributed by atoms with E-state index in [1.165, 1.54) is 12.1 Å². The first kappa shape index (κ1) is 19.8. The molecular formula is C23H23FN4O2. The SMILES string of the molecule is COc1ccccc1NC(=O)[C@@H]1CCCN(c2ncc(-c3ccc(F)cc3)cn2)C1. The third kappa shape index (κ3) is 4.40. The van der Waals surface area contributed by atoms with E-state index < -0.39 is 0 Å². The van der Waals surface area contributed by atoms with Crippen molar-refractivity contribution in [2.45, 2.75) is 12.8 Å². The lowest BCUT2D eigenvalue weighted by Crippen LogP contribution is -2.41. The molecule has 6 nitrogen and oxygen atoms in total. The quantitative estimate of drug-likeness (QED) is 0.690. The fraction of sp³-hybridized carbons (Fsp3) is 0.261. The van der Waals surface area contributed by atoms with Crippen LogP contribution in [-0.2, 0) is 4.79 Å². The Morgan fingerprint density at radius 3 is 2.57 bits per heavy atom. The number of hydrogen-bond donors (Lipinski definition) is 1. The zero-order valence-electron chi connectivity index (χ0n) is 16.7. The number of ether oxygens (including phenoxy) is 1. The van der Waals surface area contributed by atoms with Crippen LogP contribution in [-0.4, -0.2) is 36.1 Å². The average molecular weight is 406 g/mol. The highest BCUT2D eigenvalue weighted by atomic mass is 19.1. The molecule has 1 aliphatic heterocycles. The molecule has 7 heteroatoms. The lowest BCUT2D eigenvalue weighted by molar-refractivity contribution is -0.120. The number of halogens is 1. The topological polar surface area (TPSA) is 67.3 Å². The molecule has 1 aromatic heterocycles. The molecule has 0 radical (unpaired) electrons. The molecule has 1 atom stereocenters. The number of amides is 1. The van der Waals surface area contributed by atoms with Crippen molar-refractivity contribution in [1.82, 2.24) is 9.97 Å². The molecule has 1 N–H and O–H groups in total. The summed E-state index contributed by atoms with van der Waals surface area (Å²) in [7, 11) is 1.58. The molecule has 30 heavy (non-hydrogen) atoms. The number of piperidine rings is 1. The van der Waals surface area contributed by atoms with Gasteiger partial charge in [-0.2, -0.15) is 0 Å². The van der Waals surface area contributed by atoms with Gasteiger partial charge in [-0.05, 0) is 42.7 Å². The number of nitrogens with zero attached hydrogens (tertiary/aromatic N) is 3. The smallest absolute Gasteiger partial charge is 0.229 e. The fourth-order valence-electron chi connectivity index (χ4n) is 3.63. The van der Waals surface area contributed by atoms with Crippen molar-refractivity contribution in [2.24, 2.45) is 5.92 Å². The van der Waals surface area contributed by atoms with Crippen LogP contribution in [0.1, 0.15) is 12.8 Å². The zero-order valence-corrected chi connectivity index (χ0v) is 16.7. The minimum atomic E-state index is -0.276. The van der Waals surface area contributed by atoms with E-state index in [0.29, 0.717) is 23.9 Å². The molecule has 154 valence electrons. The first-order chi connectivity index (χ1) is 14.6. The van der Waals surface area contributed by atoms with Crippen molar-refractivity contribution >= 4 is 17.5 Å². The molecule has 0 spiro atoms. The minimum absolute atomic E-state index is 0.0351. The number of carbonyl (C=O) groups is 1. The average Bonchev–Trinajstić information content (AvgIpc) is 2.80. The normalized spacial score (nSPS) is 16.2. The van der Waals surface area contributed by atoms with Gasteiger partial charge in [0, 0.05) is 31.0 Å². The standard InChI is InChI=1S/C23H23FN4O2/c1-30-21-7-3-2-6-20(21)27-22(29)17-5-4-12-28(15-17)23-25-13-18(14-26-23)16-8-10-19(24)11-9-16/h2-3,6-11,13-14,17H,4-5,12,15H2,1H3,(H,27,29)/t17-/m1/s1. The van der Waals surface area contributed by atoms with E-state index in [1.54, 1.807) is 31.6 Å². The van der Waals surface area contributed by atoms with Crippen LogP contribution in [0, 0.1) is 11.7 Å². The predicted molar refractivity (Wildman–Crippen MR) is 114 cm³/mol. The first-order valence-corrected chi connectivity index (χ1v) is 9.91.